The minimum atomic E-state index is -1.89. The van der Waals surface area contributed by atoms with Crippen molar-refractivity contribution in [3.8, 4) is 0 Å². The molecule has 1 saturated heterocycles. The largest absolute Gasteiger partial charge is 0.411 e. The Morgan fingerprint density at radius 3 is 2.35 bits per heavy atom. The molecule has 1 aliphatic heterocycles. The summed E-state index contributed by atoms with van der Waals surface area (Å²) in [6, 6.07) is 0. The predicted molar refractivity (Wildman–Crippen MR) is 111 cm³/mol. The van der Waals surface area contributed by atoms with E-state index in [0.717, 1.165) is 19.3 Å². The van der Waals surface area contributed by atoms with Crippen LogP contribution in [0.5, 0.6) is 0 Å². The van der Waals surface area contributed by atoms with E-state index in [1.54, 1.807) is 0 Å². The van der Waals surface area contributed by atoms with Crippen molar-refractivity contribution in [3.05, 3.63) is 25.3 Å². The molecule has 0 saturated carbocycles. The van der Waals surface area contributed by atoms with Crippen LogP contribution in [0.25, 0.3) is 0 Å². The van der Waals surface area contributed by atoms with Gasteiger partial charge in [0.05, 0.1) is 37.1 Å². The van der Waals surface area contributed by atoms with Gasteiger partial charge in [-0.25, -0.2) is 0 Å². The molecule has 5 heteroatoms. The van der Waals surface area contributed by atoms with E-state index in [9.17, 15) is 5.11 Å². The Morgan fingerprint density at radius 2 is 1.88 bits per heavy atom. The summed E-state index contributed by atoms with van der Waals surface area (Å²) in [4.78, 5) is 0. The second kappa shape index (κ2) is 10.2. The van der Waals surface area contributed by atoms with Crippen LogP contribution in [-0.2, 0) is 13.9 Å². The standard InChI is InChI=1S/C21H40O4Si/c1-9-12-18(17(11-3)25-26(7,8)21(4,5)6)24-20-14-16(15-22)23-19(20)13-10-2/h9-10,16-20,22H,1-2,11-15H2,3-8H3/t16-,17-,18-,19+,20+/m1/s1. The topological polar surface area (TPSA) is 47.9 Å². The molecule has 4 nitrogen and oxygen atoms in total. The number of aliphatic hydroxyl groups is 1. The molecule has 0 bridgehead atoms. The summed E-state index contributed by atoms with van der Waals surface area (Å²) in [6.07, 6.45) is 6.56. The molecule has 0 aromatic rings. The number of hydrogen-bond donors (Lipinski definition) is 1. The van der Waals surface area contributed by atoms with Crippen LogP contribution in [0.15, 0.2) is 25.3 Å². The van der Waals surface area contributed by atoms with Crippen molar-refractivity contribution < 1.29 is 19.0 Å². The lowest BCUT2D eigenvalue weighted by Crippen LogP contribution is -2.48. The Bertz CT molecular complexity index is 444. The van der Waals surface area contributed by atoms with Gasteiger partial charge in [-0.1, -0.05) is 39.8 Å². The molecule has 5 atom stereocenters. The molecule has 1 heterocycles. The average Bonchev–Trinajstić information content (AvgIpc) is 2.93. The Morgan fingerprint density at radius 1 is 1.23 bits per heavy atom. The maximum absolute atomic E-state index is 9.46. The van der Waals surface area contributed by atoms with Crippen molar-refractivity contribution in [2.75, 3.05) is 6.61 Å². The second-order valence-electron chi connectivity index (χ2n) is 8.80. The summed E-state index contributed by atoms with van der Waals surface area (Å²) < 4.78 is 19.1. The van der Waals surface area contributed by atoms with Crippen LogP contribution in [0.3, 0.4) is 0 Å². The van der Waals surface area contributed by atoms with E-state index < -0.39 is 8.32 Å². The van der Waals surface area contributed by atoms with Gasteiger partial charge < -0.3 is 19.0 Å². The number of aliphatic hydroxyl groups excluding tert-OH is 1. The fraction of sp³-hybridized carbons (Fsp3) is 0.810. The number of ether oxygens (including phenoxy) is 2. The van der Waals surface area contributed by atoms with E-state index >= 15 is 0 Å². The lowest BCUT2D eigenvalue weighted by Gasteiger charge is -2.41. The quantitative estimate of drug-likeness (QED) is 0.409. The van der Waals surface area contributed by atoms with Gasteiger partial charge >= 0.3 is 0 Å². The Labute approximate surface area is 161 Å². The Kier molecular flexibility index (Phi) is 9.23. The minimum Gasteiger partial charge on any atom is -0.411 e. The van der Waals surface area contributed by atoms with Crippen molar-refractivity contribution in [2.45, 2.75) is 102 Å². The first-order valence-corrected chi connectivity index (χ1v) is 12.8. The molecule has 1 rings (SSSR count). The van der Waals surface area contributed by atoms with Crippen LogP contribution in [0.1, 0.15) is 53.4 Å². The van der Waals surface area contributed by atoms with Gasteiger partial charge in [0.15, 0.2) is 8.32 Å². The molecule has 26 heavy (non-hydrogen) atoms. The normalized spacial score (nSPS) is 26.5. The van der Waals surface area contributed by atoms with Gasteiger partial charge in [0.1, 0.15) is 0 Å². The van der Waals surface area contributed by atoms with Gasteiger partial charge in [0.2, 0.25) is 0 Å². The third-order valence-electron chi connectivity index (χ3n) is 5.70. The first-order chi connectivity index (χ1) is 12.1. The van der Waals surface area contributed by atoms with Gasteiger partial charge in [-0.05, 0) is 37.4 Å². The van der Waals surface area contributed by atoms with Crippen molar-refractivity contribution in [2.24, 2.45) is 0 Å². The van der Waals surface area contributed by atoms with E-state index in [4.69, 9.17) is 13.9 Å². The summed E-state index contributed by atoms with van der Waals surface area (Å²) in [7, 11) is -1.89. The molecule has 0 radical (unpaired) electrons. The van der Waals surface area contributed by atoms with Gasteiger partial charge in [-0.3, -0.25) is 0 Å². The van der Waals surface area contributed by atoms with Crippen LogP contribution < -0.4 is 0 Å². The molecular formula is C21H40O4Si. The molecule has 0 aliphatic carbocycles. The monoisotopic (exact) mass is 384 g/mol. The van der Waals surface area contributed by atoms with Gasteiger partial charge in [-0.2, -0.15) is 0 Å². The van der Waals surface area contributed by atoms with E-state index in [2.05, 4.69) is 53.9 Å². The highest BCUT2D eigenvalue weighted by atomic mass is 28.4. The van der Waals surface area contributed by atoms with Crippen LogP contribution in [0, 0.1) is 0 Å². The fourth-order valence-electron chi connectivity index (χ4n) is 3.09. The van der Waals surface area contributed by atoms with Gasteiger partial charge in [-0.15, -0.1) is 13.2 Å². The van der Waals surface area contributed by atoms with Gasteiger partial charge in [0, 0.05) is 6.42 Å². The van der Waals surface area contributed by atoms with Gasteiger partial charge in [0.25, 0.3) is 0 Å². The van der Waals surface area contributed by atoms with Crippen molar-refractivity contribution in [1.82, 2.24) is 0 Å². The molecule has 152 valence electrons. The first kappa shape index (κ1) is 23.6. The summed E-state index contributed by atoms with van der Waals surface area (Å²) in [6.45, 7) is 21.2. The maximum Gasteiger partial charge on any atom is 0.192 e. The molecule has 0 aromatic heterocycles. The van der Waals surface area contributed by atoms with Crippen molar-refractivity contribution in [1.29, 1.82) is 0 Å². The lowest BCUT2D eigenvalue weighted by atomic mass is 10.0. The van der Waals surface area contributed by atoms with E-state index in [-0.39, 0.29) is 42.2 Å². The highest BCUT2D eigenvalue weighted by molar-refractivity contribution is 6.74. The maximum atomic E-state index is 9.46. The van der Waals surface area contributed by atoms with Crippen molar-refractivity contribution in [3.63, 3.8) is 0 Å². The summed E-state index contributed by atoms with van der Waals surface area (Å²) in [5.41, 5.74) is 0. The van der Waals surface area contributed by atoms with Crippen LogP contribution in [-0.4, -0.2) is 50.6 Å². The zero-order valence-corrected chi connectivity index (χ0v) is 18.7. The molecule has 1 fully saturated rings. The second-order valence-corrected chi connectivity index (χ2v) is 13.6. The minimum absolute atomic E-state index is 0.0251. The molecule has 1 N–H and O–H groups in total. The zero-order chi connectivity index (χ0) is 20.0. The molecule has 0 spiro atoms. The van der Waals surface area contributed by atoms with Crippen LogP contribution in [0.4, 0.5) is 0 Å². The Hall–Kier alpha value is -0.463. The number of hydrogen-bond acceptors (Lipinski definition) is 4. The summed E-state index contributed by atoms with van der Waals surface area (Å²) in [5.74, 6) is 0. The molecule has 0 amide bonds. The molecule has 0 unspecified atom stereocenters. The average molecular weight is 385 g/mol. The zero-order valence-electron chi connectivity index (χ0n) is 17.7. The smallest absolute Gasteiger partial charge is 0.192 e. The van der Waals surface area contributed by atoms with Crippen molar-refractivity contribution >= 4 is 8.32 Å². The SMILES string of the molecule is C=CC[C@@H]1O[C@@H](CO)C[C@@H]1O[C@H](CC=C)[C@@H](CC)O[Si](C)(C)C(C)(C)C. The summed E-state index contributed by atoms with van der Waals surface area (Å²) in [5, 5.41) is 9.62. The Balaban J connectivity index is 2.90. The predicted octanol–water partition coefficient (Wildman–Crippen LogP) is 4.84. The summed E-state index contributed by atoms with van der Waals surface area (Å²) >= 11 is 0. The molecule has 0 aromatic carbocycles. The van der Waals surface area contributed by atoms with Crippen LogP contribution >= 0.6 is 0 Å². The fourth-order valence-corrected chi connectivity index (χ4v) is 4.52. The van der Waals surface area contributed by atoms with E-state index in [0.29, 0.717) is 6.42 Å². The molecule has 1 aliphatic rings. The highest BCUT2D eigenvalue weighted by Crippen LogP contribution is 2.39. The highest BCUT2D eigenvalue weighted by Gasteiger charge is 2.42. The number of rotatable bonds is 11. The van der Waals surface area contributed by atoms with E-state index in [1.807, 2.05) is 12.2 Å². The van der Waals surface area contributed by atoms with E-state index in [1.165, 1.54) is 0 Å². The third-order valence-corrected chi connectivity index (χ3v) is 10.2. The third kappa shape index (κ3) is 6.31. The lowest BCUT2D eigenvalue weighted by molar-refractivity contribution is -0.0946. The first-order valence-electron chi connectivity index (χ1n) is 9.91. The molecular weight excluding hydrogens is 344 g/mol. The van der Waals surface area contributed by atoms with Crippen LogP contribution in [0.2, 0.25) is 18.1 Å².